The Bertz CT molecular complexity index is 1300. The van der Waals surface area contributed by atoms with Gasteiger partial charge in [0.2, 0.25) is 11.9 Å². The average molecular weight is 529 g/mol. The van der Waals surface area contributed by atoms with Crippen molar-refractivity contribution in [2.45, 2.75) is 25.3 Å². The number of piperazine rings is 1. The van der Waals surface area contributed by atoms with Crippen molar-refractivity contribution < 1.29 is 18.7 Å². The van der Waals surface area contributed by atoms with Gasteiger partial charge in [0.1, 0.15) is 11.6 Å². The van der Waals surface area contributed by atoms with E-state index in [4.69, 9.17) is 31.0 Å². The van der Waals surface area contributed by atoms with Gasteiger partial charge in [-0.25, -0.2) is 9.37 Å². The van der Waals surface area contributed by atoms with E-state index in [0.29, 0.717) is 71.8 Å². The molecule has 5 rings (SSSR count). The molecule has 2 fully saturated rings. The van der Waals surface area contributed by atoms with Crippen molar-refractivity contribution in [2.75, 3.05) is 57.2 Å². The van der Waals surface area contributed by atoms with Crippen LogP contribution in [0.4, 0.5) is 21.8 Å². The van der Waals surface area contributed by atoms with E-state index in [2.05, 4.69) is 10.6 Å². The molecule has 0 unspecified atom stereocenters. The number of amides is 1. The number of benzene rings is 2. The highest BCUT2D eigenvalue weighted by atomic mass is 35.5. The molecule has 37 heavy (non-hydrogen) atoms. The summed E-state index contributed by atoms with van der Waals surface area (Å²) in [6, 6.07) is 8.24. The molecule has 3 heterocycles. The molecular formula is C26H30ClFN6O3. The topological polar surface area (TPSA) is 91.9 Å². The van der Waals surface area contributed by atoms with E-state index >= 15 is 0 Å². The maximum atomic E-state index is 14.6. The number of hydrogen-bond acceptors (Lipinski definition) is 8. The molecule has 9 nitrogen and oxygen atoms in total. The van der Waals surface area contributed by atoms with Crippen LogP contribution >= 0.6 is 11.6 Å². The molecule has 2 aliphatic heterocycles. The largest absolute Gasteiger partial charge is 0.493 e. The summed E-state index contributed by atoms with van der Waals surface area (Å²) in [4.78, 5) is 26.3. The molecule has 0 saturated carbocycles. The minimum absolute atomic E-state index is 0.177. The number of nitrogens with zero attached hydrogens (tertiary/aromatic N) is 4. The summed E-state index contributed by atoms with van der Waals surface area (Å²) in [7, 11) is 3.11. The SMILES string of the molecule is COc1cc2nc(N3CCN(C(=O)C[C@@H]4CCCN4)CC3)nc(Nc3ccc(Cl)cc3F)c2cc1OC. The van der Waals surface area contributed by atoms with Crippen LogP contribution in [-0.2, 0) is 4.79 Å². The van der Waals surface area contributed by atoms with Crippen molar-refractivity contribution in [1.29, 1.82) is 0 Å². The van der Waals surface area contributed by atoms with Gasteiger partial charge in [-0.3, -0.25) is 4.79 Å². The molecule has 2 aromatic carbocycles. The van der Waals surface area contributed by atoms with Crippen molar-refractivity contribution in [2.24, 2.45) is 0 Å². The second kappa shape index (κ2) is 10.9. The Hall–Kier alpha value is -3.37. The second-order valence-corrected chi connectivity index (χ2v) is 9.65. The van der Waals surface area contributed by atoms with Gasteiger partial charge in [-0.1, -0.05) is 11.6 Å². The monoisotopic (exact) mass is 528 g/mol. The summed E-state index contributed by atoms with van der Waals surface area (Å²) < 4.78 is 25.6. The van der Waals surface area contributed by atoms with Crippen LogP contribution in [0.1, 0.15) is 19.3 Å². The first-order chi connectivity index (χ1) is 17.9. The van der Waals surface area contributed by atoms with Gasteiger partial charge in [0.15, 0.2) is 11.5 Å². The van der Waals surface area contributed by atoms with Crippen molar-refractivity contribution in [3.63, 3.8) is 0 Å². The number of hydrogen-bond donors (Lipinski definition) is 2. The third-order valence-corrected chi connectivity index (χ3v) is 7.11. The number of carbonyl (C=O) groups excluding carboxylic acids is 1. The molecule has 0 aliphatic carbocycles. The molecule has 0 radical (unpaired) electrons. The number of nitrogens with one attached hydrogen (secondary N) is 2. The molecule has 11 heteroatoms. The molecule has 1 amide bonds. The predicted octanol–water partition coefficient (Wildman–Crippen LogP) is 3.97. The highest BCUT2D eigenvalue weighted by Gasteiger charge is 2.26. The van der Waals surface area contributed by atoms with E-state index in [1.165, 1.54) is 6.07 Å². The van der Waals surface area contributed by atoms with E-state index in [1.54, 1.807) is 38.5 Å². The Morgan fingerprint density at radius 1 is 1.14 bits per heavy atom. The Morgan fingerprint density at radius 2 is 1.89 bits per heavy atom. The standard InChI is InChI=1S/C26H30ClFN6O3/c1-36-22-14-18-21(15-23(22)37-2)31-26(32-25(18)30-20-6-5-16(27)12-19(20)28)34-10-8-33(9-11-34)24(35)13-17-4-3-7-29-17/h5-6,12,14-15,17,29H,3-4,7-11,13H2,1-2H3,(H,30,31,32)/t17-/m0/s1. The fourth-order valence-corrected chi connectivity index (χ4v) is 4.98. The highest BCUT2D eigenvalue weighted by Crippen LogP contribution is 2.36. The fourth-order valence-electron chi connectivity index (χ4n) is 4.83. The minimum Gasteiger partial charge on any atom is -0.493 e. The third-order valence-electron chi connectivity index (χ3n) is 6.87. The summed E-state index contributed by atoms with van der Waals surface area (Å²) in [6.45, 7) is 3.35. The average Bonchev–Trinajstić information content (AvgIpc) is 3.42. The van der Waals surface area contributed by atoms with Crippen LogP contribution < -0.4 is 25.0 Å². The Labute approximate surface area is 219 Å². The van der Waals surface area contributed by atoms with Crippen molar-refractivity contribution >= 4 is 45.9 Å². The number of methoxy groups -OCH3 is 2. The van der Waals surface area contributed by atoms with Crippen LogP contribution in [0.3, 0.4) is 0 Å². The third kappa shape index (κ3) is 5.50. The fraction of sp³-hybridized carbons (Fsp3) is 0.423. The van der Waals surface area contributed by atoms with Gasteiger partial charge >= 0.3 is 0 Å². The lowest BCUT2D eigenvalue weighted by molar-refractivity contribution is -0.131. The maximum absolute atomic E-state index is 14.6. The molecule has 196 valence electrons. The van der Waals surface area contributed by atoms with Gasteiger partial charge in [0.05, 0.1) is 25.4 Å². The van der Waals surface area contributed by atoms with Gasteiger partial charge in [0.25, 0.3) is 0 Å². The zero-order valence-corrected chi connectivity index (χ0v) is 21.6. The van der Waals surface area contributed by atoms with Gasteiger partial charge in [-0.15, -0.1) is 0 Å². The van der Waals surface area contributed by atoms with Crippen LogP contribution in [0, 0.1) is 5.82 Å². The van der Waals surface area contributed by atoms with Gasteiger partial charge < -0.3 is 29.9 Å². The smallest absolute Gasteiger partial charge is 0.228 e. The Balaban J connectivity index is 1.42. The minimum atomic E-state index is -0.495. The first kappa shape index (κ1) is 25.3. The van der Waals surface area contributed by atoms with Crippen molar-refractivity contribution in [1.82, 2.24) is 20.2 Å². The van der Waals surface area contributed by atoms with Gasteiger partial charge in [-0.2, -0.15) is 4.98 Å². The molecule has 0 bridgehead atoms. The van der Waals surface area contributed by atoms with Crippen LogP contribution in [0.2, 0.25) is 5.02 Å². The van der Waals surface area contributed by atoms with E-state index in [0.717, 1.165) is 19.4 Å². The lowest BCUT2D eigenvalue weighted by atomic mass is 10.1. The second-order valence-electron chi connectivity index (χ2n) is 9.21. The number of rotatable bonds is 7. The van der Waals surface area contributed by atoms with Crippen LogP contribution in [0.5, 0.6) is 11.5 Å². The van der Waals surface area contributed by atoms with E-state index in [1.807, 2.05) is 9.80 Å². The van der Waals surface area contributed by atoms with Crippen molar-refractivity contribution in [3.8, 4) is 11.5 Å². The molecule has 0 spiro atoms. The highest BCUT2D eigenvalue weighted by molar-refractivity contribution is 6.30. The number of fused-ring (bicyclic) bond motifs is 1. The molecule has 1 atom stereocenters. The van der Waals surface area contributed by atoms with Crippen LogP contribution in [0.25, 0.3) is 10.9 Å². The van der Waals surface area contributed by atoms with E-state index in [9.17, 15) is 9.18 Å². The van der Waals surface area contributed by atoms with E-state index < -0.39 is 5.82 Å². The number of anilines is 3. The zero-order valence-electron chi connectivity index (χ0n) is 20.9. The normalized spacial score (nSPS) is 17.8. The summed E-state index contributed by atoms with van der Waals surface area (Å²) in [5.41, 5.74) is 0.853. The number of halogens is 2. The number of carbonyl (C=O) groups is 1. The number of ether oxygens (including phenoxy) is 2. The quantitative estimate of drug-likeness (QED) is 0.476. The summed E-state index contributed by atoms with van der Waals surface area (Å²) in [6.07, 6.45) is 2.71. The lowest BCUT2D eigenvalue weighted by Gasteiger charge is -2.35. The Morgan fingerprint density at radius 3 is 2.57 bits per heavy atom. The van der Waals surface area contributed by atoms with Gasteiger partial charge in [-0.05, 0) is 43.7 Å². The van der Waals surface area contributed by atoms with Crippen LogP contribution in [0.15, 0.2) is 30.3 Å². The molecule has 2 aliphatic rings. The Kier molecular flexibility index (Phi) is 7.48. The van der Waals surface area contributed by atoms with E-state index in [-0.39, 0.29) is 17.6 Å². The first-order valence-electron chi connectivity index (χ1n) is 12.4. The molecule has 2 N–H and O–H groups in total. The van der Waals surface area contributed by atoms with Crippen molar-refractivity contribution in [3.05, 3.63) is 41.2 Å². The number of aromatic nitrogens is 2. The summed E-state index contributed by atoms with van der Waals surface area (Å²) in [5, 5.41) is 7.44. The van der Waals surface area contributed by atoms with Gasteiger partial charge in [0, 0.05) is 55.1 Å². The molecular weight excluding hydrogens is 499 g/mol. The summed E-state index contributed by atoms with van der Waals surface area (Å²) in [5.74, 6) is 1.63. The molecule has 2 saturated heterocycles. The first-order valence-corrected chi connectivity index (χ1v) is 12.7. The van der Waals surface area contributed by atoms with Crippen LogP contribution in [-0.4, -0.2) is 73.8 Å². The predicted molar refractivity (Wildman–Crippen MR) is 142 cm³/mol. The maximum Gasteiger partial charge on any atom is 0.228 e. The summed E-state index contributed by atoms with van der Waals surface area (Å²) >= 11 is 5.93. The zero-order chi connectivity index (χ0) is 25.9. The molecule has 1 aromatic heterocycles. The molecule has 3 aromatic rings. The lowest BCUT2D eigenvalue weighted by Crippen LogP contribution is -2.50.